The molecule has 2 saturated heterocycles. The van der Waals surface area contributed by atoms with Crippen molar-refractivity contribution in [2.75, 3.05) is 19.8 Å². The van der Waals surface area contributed by atoms with Gasteiger partial charge in [0.25, 0.3) is 5.91 Å². The number of hydrogen-bond donors (Lipinski definition) is 3. The predicted octanol–water partition coefficient (Wildman–Crippen LogP) is 0.438. The fourth-order valence-electron chi connectivity index (χ4n) is 3.15. The zero-order chi connectivity index (χ0) is 16.7. The van der Waals surface area contributed by atoms with Crippen molar-refractivity contribution in [1.82, 2.24) is 5.32 Å². The number of aliphatic hydroxyl groups is 1. The number of phenolic OH excluding ortho intramolecular Hbond substituents is 1. The average molecular weight is 335 g/mol. The van der Waals surface area contributed by atoms with Gasteiger partial charge in [-0.1, -0.05) is 0 Å². The van der Waals surface area contributed by atoms with E-state index in [1.165, 1.54) is 25.0 Å². The summed E-state index contributed by atoms with van der Waals surface area (Å²) in [4.78, 5) is 12.5. The number of rotatable bonds is 5. The second kappa shape index (κ2) is 6.23. The number of ether oxygens (including phenoxy) is 3. The van der Waals surface area contributed by atoms with E-state index < -0.39 is 12.2 Å². The summed E-state index contributed by atoms with van der Waals surface area (Å²) in [6, 6.07) is 4.20. The van der Waals surface area contributed by atoms with E-state index in [2.05, 4.69) is 5.32 Å². The van der Waals surface area contributed by atoms with E-state index in [9.17, 15) is 15.0 Å². The maximum Gasteiger partial charge on any atom is 0.251 e. The molecule has 3 N–H and O–H groups in total. The molecule has 4 rings (SSSR count). The Morgan fingerprint density at radius 1 is 1.21 bits per heavy atom. The van der Waals surface area contributed by atoms with Crippen molar-refractivity contribution in [3.63, 3.8) is 0 Å². The van der Waals surface area contributed by atoms with E-state index in [0.717, 1.165) is 0 Å². The van der Waals surface area contributed by atoms with Crippen LogP contribution in [0.5, 0.6) is 11.5 Å². The summed E-state index contributed by atoms with van der Waals surface area (Å²) in [6.45, 7) is 1.12. The van der Waals surface area contributed by atoms with Crippen molar-refractivity contribution in [2.24, 2.45) is 5.92 Å². The van der Waals surface area contributed by atoms with Crippen LogP contribution in [0.3, 0.4) is 0 Å². The molecule has 1 saturated carbocycles. The van der Waals surface area contributed by atoms with Crippen LogP contribution < -0.4 is 10.1 Å². The Kier molecular flexibility index (Phi) is 4.07. The van der Waals surface area contributed by atoms with Gasteiger partial charge in [0.1, 0.15) is 29.8 Å². The van der Waals surface area contributed by atoms with Crippen molar-refractivity contribution < 1.29 is 29.2 Å². The first-order valence-corrected chi connectivity index (χ1v) is 8.29. The topological polar surface area (TPSA) is 97.3 Å². The number of fused-ring (bicyclic) bond motifs is 1. The maximum absolute atomic E-state index is 12.5. The number of carbonyl (C=O) groups excluding carboxylic acids is 1. The summed E-state index contributed by atoms with van der Waals surface area (Å²) in [6.07, 6.45) is 0.952. The van der Waals surface area contributed by atoms with Crippen molar-refractivity contribution in [2.45, 2.75) is 37.2 Å². The highest BCUT2D eigenvalue weighted by Gasteiger charge is 2.47. The number of nitrogens with one attached hydrogen (secondary N) is 1. The summed E-state index contributed by atoms with van der Waals surface area (Å²) in [5, 5.41) is 22.4. The maximum atomic E-state index is 12.5. The van der Waals surface area contributed by atoms with Crippen LogP contribution in [0.2, 0.25) is 0 Å². The molecule has 4 atom stereocenters. The predicted molar refractivity (Wildman–Crippen MR) is 83.1 cm³/mol. The number of aliphatic hydroxyl groups excluding tert-OH is 1. The summed E-state index contributed by atoms with van der Waals surface area (Å²) in [5.74, 6) is 0.728. The Morgan fingerprint density at radius 2 is 2.00 bits per heavy atom. The van der Waals surface area contributed by atoms with E-state index in [0.29, 0.717) is 30.4 Å². The van der Waals surface area contributed by atoms with Gasteiger partial charge < -0.3 is 29.7 Å². The third-order valence-corrected chi connectivity index (χ3v) is 4.68. The molecular formula is C17H21NO6. The highest BCUT2D eigenvalue weighted by Crippen LogP contribution is 2.31. The summed E-state index contributed by atoms with van der Waals surface area (Å²) in [5.41, 5.74) is 0.322. The van der Waals surface area contributed by atoms with Crippen LogP contribution in [0.4, 0.5) is 0 Å². The SMILES string of the molecule is O=C(N[C@H]1CO[C@H]2[C@@H]1OC[C@H]2O)c1cc(O)cc(OCC2CC2)c1. The summed E-state index contributed by atoms with van der Waals surface area (Å²) < 4.78 is 16.6. The molecule has 7 heteroatoms. The number of hydrogen-bond acceptors (Lipinski definition) is 6. The van der Waals surface area contributed by atoms with Crippen LogP contribution in [0, 0.1) is 5.92 Å². The Bertz CT molecular complexity index is 632. The van der Waals surface area contributed by atoms with E-state index in [-0.39, 0.29) is 30.4 Å². The van der Waals surface area contributed by atoms with E-state index in [1.54, 1.807) is 6.07 Å². The minimum Gasteiger partial charge on any atom is -0.508 e. The van der Waals surface area contributed by atoms with Crippen LogP contribution >= 0.6 is 0 Å². The largest absolute Gasteiger partial charge is 0.508 e. The highest BCUT2D eigenvalue weighted by molar-refractivity contribution is 5.95. The van der Waals surface area contributed by atoms with Gasteiger partial charge in [-0.15, -0.1) is 0 Å². The third-order valence-electron chi connectivity index (χ3n) is 4.68. The van der Waals surface area contributed by atoms with Crippen LogP contribution in [0.25, 0.3) is 0 Å². The zero-order valence-electron chi connectivity index (χ0n) is 13.2. The van der Waals surface area contributed by atoms with Gasteiger partial charge in [0, 0.05) is 11.6 Å². The van der Waals surface area contributed by atoms with Gasteiger partial charge in [0.05, 0.1) is 25.9 Å². The molecule has 2 aliphatic heterocycles. The van der Waals surface area contributed by atoms with E-state index in [1.807, 2.05) is 0 Å². The van der Waals surface area contributed by atoms with Gasteiger partial charge in [-0.2, -0.15) is 0 Å². The van der Waals surface area contributed by atoms with Crippen molar-refractivity contribution in [1.29, 1.82) is 0 Å². The average Bonchev–Trinajstić information content (AvgIpc) is 3.20. The van der Waals surface area contributed by atoms with Gasteiger partial charge in [0.15, 0.2) is 0 Å². The number of benzene rings is 1. The van der Waals surface area contributed by atoms with Crippen molar-refractivity contribution >= 4 is 5.91 Å². The molecule has 7 nitrogen and oxygen atoms in total. The fraction of sp³-hybridized carbons (Fsp3) is 0.588. The molecule has 3 aliphatic rings. The standard InChI is InChI=1S/C17H21NO6/c19-11-3-10(4-12(5-11)22-6-9-1-2-9)17(21)18-13-7-23-16-14(20)8-24-15(13)16/h3-5,9,13-16,19-20H,1-2,6-8H2,(H,18,21)/t13-,14+,15+,16+/m0/s1. The molecule has 0 radical (unpaired) electrons. The van der Waals surface area contributed by atoms with Gasteiger partial charge in [-0.05, 0) is 30.9 Å². The molecule has 24 heavy (non-hydrogen) atoms. The van der Waals surface area contributed by atoms with Gasteiger partial charge >= 0.3 is 0 Å². The monoisotopic (exact) mass is 335 g/mol. The fourth-order valence-corrected chi connectivity index (χ4v) is 3.15. The molecule has 2 heterocycles. The first-order chi connectivity index (χ1) is 11.6. The smallest absolute Gasteiger partial charge is 0.251 e. The highest BCUT2D eigenvalue weighted by atomic mass is 16.6. The molecule has 0 unspecified atom stereocenters. The van der Waals surface area contributed by atoms with E-state index in [4.69, 9.17) is 14.2 Å². The normalized spacial score (nSPS) is 31.7. The molecule has 1 aliphatic carbocycles. The molecule has 3 fully saturated rings. The summed E-state index contributed by atoms with van der Waals surface area (Å²) >= 11 is 0. The first-order valence-electron chi connectivity index (χ1n) is 8.29. The van der Waals surface area contributed by atoms with E-state index >= 15 is 0 Å². The molecule has 1 amide bonds. The second-order valence-corrected chi connectivity index (χ2v) is 6.71. The van der Waals surface area contributed by atoms with Gasteiger partial charge in [0.2, 0.25) is 0 Å². The van der Waals surface area contributed by atoms with Crippen LogP contribution in [0.15, 0.2) is 18.2 Å². The van der Waals surface area contributed by atoms with Gasteiger partial charge in [-0.3, -0.25) is 4.79 Å². The molecule has 0 spiro atoms. The lowest BCUT2D eigenvalue weighted by Crippen LogP contribution is -2.44. The number of carbonyl (C=O) groups is 1. The molecule has 1 aromatic carbocycles. The zero-order valence-corrected chi connectivity index (χ0v) is 13.2. The Labute approximate surface area is 139 Å². The van der Waals surface area contributed by atoms with Gasteiger partial charge in [-0.25, -0.2) is 0 Å². The lowest BCUT2D eigenvalue weighted by atomic mass is 10.1. The molecular weight excluding hydrogens is 314 g/mol. The Hall–Kier alpha value is -1.83. The number of phenols is 1. The quantitative estimate of drug-likeness (QED) is 0.722. The lowest BCUT2D eigenvalue weighted by Gasteiger charge is -2.17. The Balaban J connectivity index is 1.42. The van der Waals surface area contributed by atoms with Crippen molar-refractivity contribution in [3.05, 3.63) is 23.8 Å². The van der Waals surface area contributed by atoms with Crippen LogP contribution in [-0.4, -0.2) is 60.3 Å². The molecule has 0 aromatic heterocycles. The summed E-state index contributed by atoms with van der Waals surface area (Å²) in [7, 11) is 0. The van der Waals surface area contributed by atoms with Crippen molar-refractivity contribution in [3.8, 4) is 11.5 Å². The minimum atomic E-state index is -0.653. The molecule has 0 bridgehead atoms. The number of amides is 1. The second-order valence-electron chi connectivity index (χ2n) is 6.71. The third kappa shape index (κ3) is 3.19. The molecule has 1 aromatic rings. The molecule has 130 valence electrons. The van der Waals surface area contributed by atoms with Crippen LogP contribution in [-0.2, 0) is 9.47 Å². The lowest BCUT2D eigenvalue weighted by molar-refractivity contribution is 0.0178. The minimum absolute atomic E-state index is 0.0125. The Morgan fingerprint density at radius 3 is 2.79 bits per heavy atom. The number of aromatic hydroxyl groups is 1. The first kappa shape index (κ1) is 15.7. The van der Waals surface area contributed by atoms with Crippen LogP contribution in [0.1, 0.15) is 23.2 Å².